The smallest absolute Gasteiger partial charge is 0.352 e. The Morgan fingerprint density at radius 1 is 0.951 bits per heavy atom. The first-order valence-corrected chi connectivity index (χ1v) is 14.7. The van der Waals surface area contributed by atoms with E-state index in [-0.39, 0.29) is 22.5 Å². The number of amides is 2. The molecule has 7 nitrogen and oxygen atoms in total. The molecule has 0 aliphatic carbocycles. The number of nitrogens with one attached hydrogen (secondary N) is 1. The average Bonchev–Trinajstić information content (AvgIpc) is 2.94. The zero-order valence-corrected chi connectivity index (χ0v) is 24.3. The van der Waals surface area contributed by atoms with Gasteiger partial charge in [0.25, 0.3) is 10.0 Å². The van der Waals surface area contributed by atoms with E-state index in [1.165, 1.54) is 36.1 Å². The molecule has 0 aliphatic heterocycles. The normalized spacial score (nSPS) is 13.2. The van der Waals surface area contributed by atoms with Gasteiger partial charge < -0.3 is 10.2 Å². The van der Waals surface area contributed by atoms with Crippen molar-refractivity contribution >= 4 is 39.1 Å². The highest BCUT2D eigenvalue weighted by atomic mass is 35.5. The largest absolute Gasteiger partial charge is 0.416 e. The maximum atomic E-state index is 13.9. The summed E-state index contributed by atoms with van der Waals surface area (Å²) >= 11 is 6.25. The van der Waals surface area contributed by atoms with Crippen LogP contribution < -0.4 is 9.62 Å². The molecule has 41 heavy (non-hydrogen) atoms. The summed E-state index contributed by atoms with van der Waals surface area (Å²) in [4.78, 5) is 27.9. The van der Waals surface area contributed by atoms with Crippen LogP contribution in [0.1, 0.15) is 38.3 Å². The molecule has 3 aromatic carbocycles. The van der Waals surface area contributed by atoms with Gasteiger partial charge in [-0.15, -0.1) is 0 Å². The molecule has 1 N–H and O–H groups in total. The Hall–Kier alpha value is -3.57. The molecule has 220 valence electrons. The van der Waals surface area contributed by atoms with Gasteiger partial charge in [0.15, 0.2) is 0 Å². The van der Waals surface area contributed by atoms with E-state index in [2.05, 4.69) is 5.32 Å². The predicted octanol–water partition coefficient (Wildman–Crippen LogP) is 5.89. The standard InChI is InChI=1S/C29H31ClF3N3O4S/c1-4-20(2)34-28(38)21(3)35(18-22-11-7-5-8-12-22)27(37)19-36(41(39,40)24-13-9-6-10-14-24)26-17-23(29(31,32)33)15-16-25(26)30/h5-17,20-21H,4,18-19H2,1-3H3,(H,34,38). The van der Waals surface area contributed by atoms with Crippen LogP contribution in [0.2, 0.25) is 5.02 Å². The SMILES string of the molecule is CCC(C)NC(=O)C(C)N(Cc1ccccc1)C(=O)CN(c1cc(C(F)(F)F)ccc1Cl)S(=O)(=O)c1ccccc1. The third-order valence-corrected chi connectivity index (χ3v) is 8.61. The number of benzene rings is 3. The summed E-state index contributed by atoms with van der Waals surface area (Å²) in [5.74, 6) is -1.27. The van der Waals surface area contributed by atoms with E-state index in [0.29, 0.717) is 22.4 Å². The Morgan fingerprint density at radius 3 is 2.10 bits per heavy atom. The number of anilines is 1. The van der Waals surface area contributed by atoms with Gasteiger partial charge in [-0.05, 0) is 56.2 Å². The number of sulfonamides is 1. The van der Waals surface area contributed by atoms with E-state index in [1.54, 1.807) is 43.3 Å². The number of carbonyl (C=O) groups is 2. The van der Waals surface area contributed by atoms with Crippen LogP contribution in [0.15, 0.2) is 83.8 Å². The van der Waals surface area contributed by atoms with Gasteiger partial charge in [0, 0.05) is 12.6 Å². The van der Waals surface area contributed by atoms with Gasteiger partial charge in [-0.2, -0.15) is 13.2 Å². The van der Waals surface area contributed by atoms with Crippen molar-refractivity contribution in [2.45, 2.75) is 56.9 Å². The van der Waals surface area contributed by atoms with E-state index >= 15 is 0 Å². The topological polar surface area (TPSA) is 86.8 Å². The molecule has 0 heterocycles. The molecule has 2 unspecified atom stereocenters. The van der Waals surface area contributed by atoms with Crippen LogP contribution in [0.3, 0.4) is 0 Å². The van der Waals surface area contributed by atoms with E-state index < -0.39 is 51.9 Å². The zero-order chi connectivity index (χ0) is 30.4. The van der Waals surface area contributed by atoms with E-state index in [1.807, 2.05) is 6.92 Å². The van der Waals surface area contributed by atoms with Crippen molar-refractivity contribution < 1.29 is 31.2 Å². The molecule has 0 saturated carbocycles. The summed E-state index contributed by atoms with van der Waals surface area (Å²) in [6, 6.07) is 16.8. The fraction of sp³-hybridized carbons (Fsp3) is 0.310. The third-order valence-electron chi connectivity index (χ3n) is 6.52. The van der Waals surface area contributed by atoms with Gasteiger partial charge in [0.1, 0.15) is 12.6 Å². The van der Waals surface area contributed by atoms with E-state index in [4.69, 9.17) is 11.6 Å². The predicted molar refractivity (Wildman–Crippen MR) is 152 cm³/mol. The number of halogens is 4. The summed E-state index contributed by atoms with van der Waals surface area (Å²) in [6.07, 6.45) is -4.16. The quantitative estimate of drug-likeness (QED) is 0.294. The van der Waals surface area contributed by atoms with Crippen LogP contribution in [0.25, 0.3) is 0 Å². The highest BCUT2D eigenvalue weighted by Crippen LogP contribution is 2.37. The molecule has 2 amide bonds. The van der Waals surface area contributed by atoms with Crippen molar-refractivity contribution in [1.82, 2.24) is 10.2 Å². The van der Waals surface area contributed by atoms with Crippen LogP contribution in [0.4, 0.5) is 18.9 Å². The molecule has 2 atom stereocenters. The van der Waals surface area contributed by atoms with Crippen molar-refractivity contribution in [3.63, 3.8) is 0 Å². The Bertz CT molecular complexity index is 1460. The lowest BCUT2D eigenvalue weighted by Crippen LogP contribution is -2.52. The number of alkyl halides is 3. The molecule has 3 aromatic rings. The van der Waals surface area contributed by atoms with Gasteiger partial charge >= 0.3 is 6.18 Å². The molecule has 0 aromatic heterocycles. The van der Waals surface area contributed by atoms with Crippen LogP contribution in [-0.2, 0) is 32.3 Å². The highest BCUT2D eigenvalue weighted by molar-refractivity contribution is 7.92. The lowest BCUT2D eigenvalue weighted by atomic mass is 10.1. The summed E-state index contributed by atoms with van der Waals surface area (Å²) in [6.45, 7) is 4.23. The Kier molecular flexibility index (Phi) is 10.4. The second-order valence-electron chi connectivity index (χ2n) is 9.49. The summed E-state index contributed by atoms with van der Waals surface area (Å²) in [5, 5.41) is 2.51. The van der Waals surface area contributed by atoms with Gasteiger partial charge in [-0.25, -0.2) is 8.42 Å². The number of hydrogen-bond acceptors (Lipinski definition) is 4. The third kappa shape index (κ3) is 8.01. The fourth-order valence-electron chi connectivity index (χ4n) is 3.94. The number of hydrogen-bond donors (Lipinski definition) is 1. The average molecular weight is 610 g/mol. The molecule has 0 spiro atoms. The minimum atomic E-state index is -4.80. The van der Waals surface area contributed by atoms with Crippen LogP contribution >= 0.6 is 11.6 Å². The lowest BCUT2D eigenvalue weighted by Gasteiger charge is -2.32. The van der Waals surface area contributed by atoms with E-state index in [0.717, 1.165) is 12.1 Å². The van der Waals surface area contributed by atoms with Crippen molar-refractivity contribution in [3.05, 3.63) is 95.0 Å². The van der Waals surface area contributed by atoms with Gasteiger partial charge in [0.2, 0.25) is 11.8 Å². The maximum Gasteiger partial charge on any atom is 0.416 e. The summed E-state index contributed by atoms with van der Waals surface area (Å²) in [5.41, 5.74) is -0.992. The van der Waals surface area contributed by atoms with Crippen molar-refractivity contribution in [2.75, 3.05) is 10.8 Å². The molecular formula is C29H31ClF3N3O4S. The first-order valence-electron chi connectivity index (χ1n) is 12.8. The van der Waals surface area contributed by atoms with Crippen molar-refractivity contribution in [3.8, 4) is 0 Å². The minimum Gasteiger partial charge on any atom is -0.352 e. The zero-order valence-electron chi connectivity index (χ0n) is 22.7. The fourth-order valence-corrected chi connectivity index (χ4v) is 5.66. The van der Waals surface area contributed by atoms with Crippen LogP contribution in [-0.4, -0.2) is 43.8 Å². The molecule has 0 aliphatic rings. The van der Waals surface area contributed by atoms with Crippen LogP contribution in [0.5, 0.6) is 0 Å². The molecule has 12 heteroatoms. The summed E-state index contributed by atoms with van der Waals surface area (Å²) in [7, 11) is -4.58. The van der Waals surface area contributed by atoms with Gasteiger partial charge in [-0.3, -0.25) is 13.9 Å². The molecule has 0 fully saturated rings. The maximum absolute atomic E-state index is 13.9. The second-order valence-corrected chi connectivity index (χ2v) is 11.8. The Morgan fingerprint density at radius 2 is 1.54 bits per heavy atom. The second kappa shape index (κ2) is 13.4. The van der Waals surface area contributed by atoms with Gasteiger partial charge in [0.05, 0.1) is 21.2 Å². The molecule has 3 rings (SSSR count). The van der Waals surface area contributed by atoms with Crippen molar-refractivity contribution in [1.29, 1.82) is 0 Å². The molecule has 0 radical (unpaired) electrons. The van der Waals surface area contributed by atoms with Crippen molar-refractivity contribution in [2.24, 2.45) is 0 Å². The van der Waals surface area contributed by atoms with Gasteiger partial charge in [-0.1, -0.05) is 67.1 Å². The Balaban J connectivity index is 2.11. The number of rotatable bonds is 11. The molecule has 0 bridgehead atoms. The first-order chi connectivity index (χ1) is 19.3. The molecule has 0 saturated heterocycles. The molecular weight excluding hydrogens is 579 g/mol. The Labute approximate surface area is 243 Å². The lowest BCUT2D eigenvalue weighted by molar-refractivity contribution is -0.139. The summed E-state index contributed by atoms with van der Waals surface area (Å²) < 4.78 is 69.0. The van der Waals surface area contributed by atoms with Crippen LogP contribution in [0, 0.1) is 0 Å². The highest BCUT2D eigenvalue weighted by Gasteiger charge is 2.36. The number of nitrogens with zero attached hydrogens (tertiary/aromatic N) is 2. The van der Waals surface area contributed by atoms with E-state index in [9.17, 15) is 31.2 Å². The number of carbonyl (C=O) groups excluding carboxylic acids is 2. The monoisotopic (exact) mass is 609 g/mol. The minimum absolute atomic E-state index is 0.0513. The first kappa shape index (κ1) is 32.0.